The first-order valence-electron chi connectivity index (χ1n) is 9.61. The number of sulfonamides is 1. The Bertz CT molecular complexity index is 1100. The number of hydrazone groups is 1. The lowest BCUT2D eigenvalue weighted by Crippen LogP contribution is -2.30. The Morgan fingerprint density at radius 2 is 1.62 bits per heavy atom. The van der Waals surface area contributed by atoms with Gasteiger partial charge in [-0.15, -0.1) is 0 Å². The standard InChI is InChI=1S/C20H26N4O7S/c1-6-23(7-2)32(27,28)15-8-9-16(17(11-15)24(25)26)22-21-13-14-10-19(30-4)20(31-5)12-18(14)29-3/h8-13,22H,6-7H2,1-5H3. The molecule has 0 atom stereocenters. The normalized spacial score (nSPS) is 11.6. The molecule has 0 unspecified atom stereocenters. The number of methoxy groups -OCH3 is 3. The lowest BCUT2D eigenvalue weighted by Gasteiger charge is -2.18. The molecule has 0 spiro atoms. The van der Waals surface area contributed by atoms with Crippen LogP contribution in [0.1, 0.15) is 19.4 Å². The number of nitrogens with one attached hydrogen (secondary N) is 1. The van der Waals surface area contributed by atoms with Crippen LogP contribution >= 0.6 is 0 Å². The Morgan fingerprint density at radius 3 is 2.16 bits per heavy atom. The third-order valence-electron chi connectivity index (χ3n) is 4.63. The zero-order valence-electron chi connectivity index (χ0n) is 18.5. The molecule has 0 saturated carbocycles. The quantitative estimate of drug-likeness (QED) is 0.303. The van der Waals surface area contributed by atoms with E-state index < -0.39 is 20.6 Å². The summed E-state index contributed by atoms with van der Waals surface area (Å²) in [6.07, 6.45) is 1.39. The minimum absolute atomic E-state index is 0.0317. The summed E-state index contributed by atoms with van der Waals surface area (Å²) in [6.45, 7) is 3.90. The summed E-state index contributed by atoms with van der Waals surface area (Å²) in [6, 6.07) is 6.88. The van der Waals surface area contributed by atoms with Crippen LogP contribution in [-0.4, -0.2) is 58.3 Å². The molecule has 11 nitrogen and oxygen atoms in total. The van der Waals surface area contributed by atoms with Crippen LogP contribution in [0.15, 0.2) is 40.3 Å². The molecule has 0 radical (unpaired) electrons. The van der Waals surface area contributed by atoms with Gasteiger partial charge in [0, 0.05) is 30.8 Å². The van der Waals surface area contributed by atoms with E-state index >= 15 is 0 Å². The highest BCUT2D eigenvalue weighted by atomic mass is 32.2. The van der Waals surface area contributed by atoms with Gasteiger partial charge in [0.25, 0.3) is 5.69 Å². The van der Waals surface area contributed by atoms with Crippen molar-refractivity contribution in [3.8, 4) is 17.2 Å². The van der Waals surface area contributed by atoms with Gasteiger partial charge in [0.1, 0.15) is 11.4 Å². The average Bonchev–Trinajstić information content (AvgIpc) is 2.79. The highest BCUT2D eigenvalue weighted by Gasteiger charge is 2.25. The van der Waals surface area contributed by atoms with Crippen LogP contribution in [0.5, 0.6) is 17.2 Å². The summed E-state index contributed by atoms with van der Waals surface area (Å²) in [5.74, 6) is 1.37. The van der Waals surface area contributed by atoms with Crippen molar-refractivity contribution < 1.29 is 27.6 Å². The summed E-state index contributed by atoms with van der Waals surface area (Å²) < 4.78 is 42.4. The second-order valence-electron chi connectivity index (χ2n) is 6.34. The molecule has 1 N–H and O–H groups in total. The molecule has 0 bridgehead atoms. The predicted octanol–water partition coefficient (Wildman–Crippen LogP) is 3.10. The van der Waals surface area contributed by atoms with Gasteiger partial charge in [0.2, 0.25) is 10.0 Å². The fourth-order valence-corrected chi connectivity index (χ4v) is 4.43. The van der Waals surface area contributed by atoms with Crippen molar-refractivity contribution in [3.05, 3.63) is 46.0 Å². The zero-order chi connectivity index (χ0) is 23.9. The number of rotatable bonds is 11. The van der Waals surface area contributed by atoms with Crippen molar-refractivity contribution in [3.63, 3.8) is 0 Å². The SMILES string of the molecule is CCN(CC)S(=O)(=O)c1ccc(NN=Cc2cc(OC)c(OC)cc2OC)c([N+](=O)[O-])c1. The predicted molar refractivity (Wildman–Crippen MR) is 121 cm³/mol. The largest absolute Gasteiger partial charge is 0.496 e. The van der Waals surface area contributed by atoms with Gasteiger partial charge < -0.3 is 14.2 Å². The first kappa shape index (κ1) is 24.9. The molecule has 0 aliphatic rings. The molecular formula is C20H26N4O7S. The van der Waals surface area contributed by atoms with E-state index in [0.29, 0.717) is 22.8 Å². The first-order chi connectivity index (χ1) is 15.2. The number of nitrogens with zero attached hydrogens (tertiary/aromatic N) is 3. The monoisotopic (exact) mass is 466 g/mol. The van der Waals surface area contributed by atoms with Crippen molar-refractivity contribution in [2.24, 2.45) is 5.10 Å². The smallest absolute Gasteiger partial charge is 0.295 e. The van der Waals surface area contributed by atoms with Crippen LogP contribution in [-0.2, 0) is 10.0 Å². The first-order valence-corrected chi connectivity index (χ1v) is 11.0. The minimum Gasteiger partial charge on any atom is -0.496 e. The van der Waals surface area contributed by atoms with Gasteiger partial charge in [-0.3, -0.25) is 15.5 Å². The van der Waals surface area contributed by atoms with Crippen molar-refractivity contribution in [2.75, 3.05) is 39.8 Å². The summed E-state index contributed by atoms with van der Waals surface area (Å²) in [5.41, 5.74) is 2.73. The summed E-state index contributed by atoms with van der Waals surface area (Å²) in [4.78, 5) is 10.7. The number of ether oxygens (including phenoxy) is 3. The van der Waals surface area contributed by atoms with E-state index in [1.165, 1.54) is 44.0 Å². The van der Waals surface area contributed by atoms with Crippen molar-refractivity contribution in [2.45, 2.75) is 18.7 Å². The van der Waals surface area contributed by atoms with Gasteiger partial charge in [-0.1, -0.05) is 13.8 Å². The molecule has 0 fully saturated rings. The third-order valence-corrected chi connectivity index (χ3v) is 6.68. The second kappa shape index (κ2) is 10.8. The molecule has 0 amide bonds. The molecule has 2 aromatic rings. The molecular weight excluding hydrogens is 440 g/mol. The molecule has 174 valence electrons. The maximum absolute atomic E-state index is 12.7. The topological polar surface area (TPSA) is 133 Å². The van der Waals surface area contributed by atoms with Gasteiger partial charge in [0.15, 0.2) is 11.5 Å². The van der Waals surface area contributed by atoms with Crippen LogP contribution < -0.4 is 19.6 Å². The van der Waals surface area contributed by atoms with Crippen LogP contribution in [0.3, 0.4) is 0 Å². The number of nitro benzene ring substituents is 1. The minimum atomic E-state index is -3.84. The van der Waals surface area contributed by atoms with Gasteiger partial charge in [-0.2, -0.15) is 9.41 Å². The molecule has 32 heavy (non-hydrogen) atoms. The summed E-state index contributed by atoms with van der Waals surface area (Å²) in [5, 5.41) is 15.6. The molecule has 12 heteroatoms. The van der Waals surface area contributed by atoms with E-state index in [1.54, 1.807) is 26.0 Å². The highest BCUT2D eigenvalue weighted by molar-refractivity contribution is 7.89. The van der Waals surface area contributed by atoms with Gasteiger partial charge in [-0.25, -0.2) is 8.42 Å². The van der Waals surface area contributed by atoms with Crippen molar-refractivity contribution in [1.29, 1.82) is 0 Å². The number of anilines is 1. The Kier molecular flexibility index (Phi) is 8.38. The number of hydrogen-bond acceptors (Lipinski definition) is 9. The third kappa shape index (κ3) is 5.26. The number of benzene rings is 2. The van der Waals surface area contributed by atoms with Gasteiger partial charge in [-0.05, 0) is 18.2 Å². The van der Waals surface area contributed by atoms with Gasteiger partial charge >= 0.3 is 0 Å². The van der Waals surface area contributed by atoms with E-state index in [9.17, 15) is 18.5 Å². The molecule has 0 aliphatic heterocycles. The zero-order valence-corrected chi connectivity index (χ0v) is 19.3. The molecule has 0 saturated heterocycles. The number of hydrogen-bond donors (Lipinski definition) is 1. The van der Waals surface area contributed by atoms with Crippen LogP contribution in [0.4, 0.5) is 11.4 Å². The highest BCUT2D eigenvalue weighted by Crippen LogP contribution is 2.34. The van der Waals surface area contributed by atoms with E-state index in [-0.39, 0.29) is 23.7 Å². The fraction of sp³-hybridized carbons (Fsp3) is 0.350. The molecule has 2 rings (SSSR count). The lowest BCUT2D eigenvalue weighted by molar-refractivity contribution is -0.384. The summed E-state index contributed by atoms with van der Waals surface area (Å²) in [7, 11) is 0.620. The van der Waals surface area contributed by atoms with E-state index in [4.69, 9.17) is 14.2 Å². The van der Waals surface area contributed by atoms with Crippen LogP contribution in [0.2, 0.25) is 0 Å². The molecule has 2 aromatic carbocycles. The average molecular weight is 467 g/mol. The number of nitro groups is 1. The van der Waals surface area contributed by atoms with Crippen LogP contribution in [0.25, 0.3) is 0 Å². The molecule has 0 aliphatic carbocycles. The van der Waals surface area contributed by atoms with Crippen molar-refractivity contribution in [1.82, 2.24) is 4.31 Å². The Hall–Kier alpha value is -3.38. The van der Waals surface area contributed by atoms with Crippen LogP contribution in [0, 0.1) is 10.1 Å². The summed E-state index contributed by atoms with van der Waals surface area (Å²) >= 11 is 0. The van der Waals surface area contributed by atoms with Gasteiger partial charge in [0.05, 0.1) is 37.4 Å². The van der Waals surface area contributed by atoms with E-state index in [0.717, 1.165) is 6.07 Å². The van der Waals surface area contributed by atoms with E-state index in [2.05, 4.69) is 10.5 Å². The van der Waals surface area contributed by atoms with E-state index in [1.807, 2.05) is 0 Å². The maximum Gasteiger partial charge on any atom is 0.295 e. The molecule has 0 aromatic heterocycles. The maximum atomic E-state index is 12.7. The lowest BCUT2D eigenvalue weighted by atomic mass is 10.2. The second-order valence-corrected chi connectivity index (χ2v) is 8.28. The fourth-order valence-electron chi connectivity index (χ4n) is 2.96. The molecule has 0 heterocycles. The van der Waals surface area contributed by atoms with Crippen molar-refractivity contribution >= 4 is 27.6 Å². The Labute approximate surface area is 186 Å². The Balaban J connectivity index is 2.38. The Morgan fingerprint density at radius 1 is 1.03 bits per heavy atom.